The molecule has 1 aromatic rings. The minimum atomic E-state index is -0.457. The molecule has 2 nitrogen and oxygen atoms in total. The van der Waals surface area contributed by atoms with Gasteiger partial charge in [0.2, 0.25) is 0 Å². The van der Waals surface area contributed by atoms with Crippen molar-refractivity contribution in [2.24, 2.45) is 0 Å². The monoisotopic (exact) mass is 174 g/mol. The standard InChI is InChI=1S/C7H11FN2S/c1-5(9-2)6-4-11-7(3-8)10-6/h4-5,9H,3H2,1-2H3. The molecule has 11 heavy (non-hydrogen) atoms. The summed E-state index contributed by atoms with van der Waals surface area (Å²) < 4.78 is 12.0. The Morgan fingerprint density at radius 3 is 3.00 bits per heavy atom. The number of hydrogen-bond donors (Lipinski definition) is 1. The first-order valence-corrected chi connectivity index (χ1v) is 4.33. The van der Waals surface area contributed by atoms with E-state index >= 15 is 0 Å². The van der Waals surface area contributed by atoms with E-state index in [0.29, 0.717) is 5.01 Å². The van der Waals surface area contributed by atoms with Crippen LogP contribution in [0.15, 0.2) is 5.38 Å². The van der Waals surface area contributed by atoms with Gasteiger partial charge in [-0.1, -0.05) is 0 Å². The van der Waals surface area contributed by atoms with Gasteiger partial charge in [-0.05, 0) is 14.0 Å². The van der Waals surface area contributed by atoms with E-state index in [1.165, 1.54) is 11.3 Å². The summed E-state index contributed by atoms with van der Waals surface area (Å²) in [4.78, 5) is 4.08. The van der Waals surface area contributed by atoms with Crippen molar-refractivity contribution < 1.29 is 4.39 Å². The maximum Gasteiger partial charge on any atom is 0.141 e. The summed E-state index contributed by atoms with van der Waals surface area (Å²) in [6.45, 7) is 1.54. The summed E-state index contributed by atoms with van der Waals surface area (Å²) in [7, 11) is 1.86. The van der Waals surface area contributed by atoms with Crippen LogP contribution < -0.4 is 5.32 Å². The van der Waals surface area contributed by atoms with E-state index < -0.39 is 6.67 Å². The van der Waals surface area contributed by atoms with Crippen molar-refractivity contribution in [3.05, 3.63) is 16.1 Å². The topological polar surface area (TPSA) is 24.9 Å². The molecule has 1 heterocycles. The Balaban J connectivity index is 2.71. The van der Waals surface area contributed by atoms with Crippen molar-refractivity contribution in [2.75, 3.05) is 7.05 Å². The molecule has 0 aliphatic heterocycles. The molecule has 1 rings (SSSR count). The minimum Gasteiger partial charge on any atom is -0.312 e. The Morgan fingerprint density at radius 1 is 1.82 bits per heavy atom. The van der Waals surface area contributed by atoms with E-state index in [4.69, 9.17) is 0 Å². The highest BCUT2D eigenvalue weighted by Crippen LogP contribution is 2.16. The van der Waals surface area contributed by atoms with Gasteiger partial charge in [0.05, 0.1) is 5.69 Å². The van der Waals surface area contributed by atoms with Crippen molar-refractivity contribution in [1.29, 1.82) is 0 Å². The molecule has 0 saturated heterocycles. The number of nitrogens with zero attached hydrogens (tertiary/aromatic N) is 1. The lowest BCUT2D eigenvalue weighted by atomic mass is 10.3. The second-order valence-corrected chi connectivity index (χ2v) is 3.25. The third kappa shape index (κ3) is 1.97. The summed E-state index contributed by atoms with van der Waals surface area (Å²) in [5.41, 5.74) is 0.921. The lowest BCUT2D eigenvalue weighted by Crippen LogP contribution is -2.12. The Morgan fingerprint density at radius 2 is 2.55 bits per heavy atom. The summed E-state index contributed by atoms with van der Waals surface area (Å²) in [5.74, 6) is 0. The van der Waals surface area contributed by atoms with Crippen LogP contribution in [-0.4, -0.2) is 12.0 Å². The fourth-order valence-electron chi connectivity index (χ4n) is 0.733. The Kier molecular flexibility index (Phi) is 2.96. The van der Waals surface area contributed by atoms with Gasteiger partial charge in [-0.2, -0.15) is 0 Å². The zero-order valence-corrected chi connectivity index (χ0v) is 7.41. The molecule has 0 aliphatic rings. The quantitative estimate of drug-likeness (QED) is 0.757. The molecule has 1 atom stereocenters. The second kappa shape index (κ2) is 3.78. The summed E-state index contributed by atoms with van der Waals surface area (Å²) in [6.07, 6.45) is 0. The number of nitrogens with one attached hydrogen (secondary N) is 1. The van der Waals surface area contributed by atoms with Gasteiger partial charge < -0.3 is 5.32 Å². The molecular weight excluding hydrogens is 163 g/mol. The van der Waals surface area contributed by atoms with Gasteiger partial charge in [0, 0.05) is 11.4 Å². The van der Waals surface area contributed by atoms with Gasteiger partial charge in [0.1, 0.15) is 11.7 Å². The molecule has 1 N–H and O–H groups in total. The van der Waals surface area contributed by atoms with Crippen LogP contribution in [0.2, 0.25) is 0 Å². The first-order valence-electron chi connectivity index (χ1n) is 3.45. The molecule has 1 unspecified atom stereocenters. The largest absolute Gasteiger partial charge is 0.312 e. The minimum absolute atomic E-state index is 0.214. The number of aromatic nitrogens is 1. The van der Waals surface area contributed by atoms with Crippen LogP contribution in [0.4, 0.5) is 4.39 Å². The zero-order valence-electron chi connectivity index (χ0n) is 6.60. The van der Waals surface area contributed by atoms with Gasteiger partial charge in [-0.25, -0.2) is 9.37 Å². The fraction of sp³-hybridized carbons (Fsp3) is 0.571. The molecule has 0 aliphatic carbocycles. The van der Waals surface area contributed by atoms with Crippen LogP contribution in [0.1, 0.15) is 23.7 Å². The normalized spacial score (nSPS) is 13.4. The van der Waals surface area contributed by atoms with E-state index in [0.717, 1.165) is 5.69 Å². The maximum atomic E-state index is 12.0. The molecule has 0 bridgehead atoms. The lowest BCUT2D eigenvalue weighted by Gasteiger charge is -2.04. The van der Waals surface area contributed by atoms with Gasteiger partial charge in [0.15, 0.2) is 0 Å². The van der Waals surface area contributed by atoms with E-state index in [1.807, 2.05) is 19.4 Å². The number of thiazole rings is 1. The molecule has 0 aromatic carbocycles. The highest BCUT2D eigenvalue weighted by molar-refractivity contribution is 7.09. The van der Waals surface area contributed by atoms with E-state index in [2.05, 4.69) is 10.3 Å². The van der Waals surface area contributed by atoms with Crippen molar-refractivity contribution in [3.8, 4) is 0 Å². The van der Waals surface area contributed by atoms with Gasteiger partial charge in [0.25, 0.3) is 0 Å². The van der Waals surface area contributed by atoms with Crippen molar-refractivity contribution in [3.63, 3.8) is 0 Å². The summed E-state index contributed by atoms with van der Waals surface area (Å²) in [5, 5.41) is 5.48. The van der Waals surface area contributed by atoms with Crippen LogP contribution in [0, 0.1) is 0 Å². The maximum absolute atomic E-state index is 12.0. The zero-order chi connectivity index (χ0) is 8.27. The second-order valence-electron chi connectivity index (χ2n) is 2.31. The van der Waals surface area contributed by atoms with Crippen LogP contribution in [0.5, 0.6) is 0 Å². The Bertz CT molecular complexity index is 224. The third-order valence-corrected chi connectivity index (χ3v) is 2.39. The molecule has 0 fully saturated rings. The molecule has 0 spiro atoms. The highest BCUT2D eigenvalue weighted by atomic mass is 32.1. The number of rotatable bonds is 3. The third-order valence-electron chi connectivity index (χ3n) is 1.56. The smallest absolute Gasteiger partial charge is 0.141 e. The van der Waals surface area contributed by atoms with E-state index in [-0.39, 0.29) is 6.04 Å². The average Bonchev–Trinajstić information content (AvgIpc) is 2.50. The van der Waals surface area contributed by atoms with E-state index in [1.54, 1.807) is 0 Å². The first-order chi connectivity index (χ1) is 5.27. The Hall–Kier alpha value is -0.480. The van der Waals surface area contributed by atoms with Crippen LogP contribution >= 0.6 is 11.3 Å². The predicted octanol–water partition coefficient (Wildman–Crippen LogP) is 1.89. The fourth-order valence-corrected chi connectivity index (χ4v) is 1.47. The Labute approximate surface area is 69.5 Å². The van der Waals surface area contributed by atoms with Crippen LogP contribution in [0.3, 0.4) is 0 Å². The average molecular weight is 174 g/mol. The molecule has 0 radical (unpaired) electrons. The van der Waals surface area contributed by atoms with Crippen molar-refractivity contribution in [2.45, 2.75) is 19.6 Å². The molecule has 62 valence electrons. The van der Waals surface area contributed by atoms with Gasteiger partial charge >= 0.3 is 0 Å². The predicted molar refractivity (Wildman–Crippen MR) is 44.4 cm³/mol. The molecular formula is C7H11FN2S. The number of hydrogen-bond acceptors (Lipinski definition) is 3. The molecule has 1 aromatic heterocycles. The molecule has 0 amide bonds. The summed E-state index contributed by atoms with van der Waals surface area (Å²) in [6, 6.07) is 0.214. The van der Waals surface area contributed by atoms with E-state index in [9.17, 15) is 4.39 Å². The molecule has 0 saturated carbocycles. The van der Waals surface area contributed by atoms with Crippen molar-refractivity contribution >= 4 is 11.3 Å². The van der Waals surface area contributed by atoms with Crippen LogP contribution in [0.25, 0.3) is 0 Å². The number of halogens is 1. The lowest BCUT2D eigenvalue weighted by molar-refractivity contribution is 0.481. The highest BCUT2D eigenvalue weighted by Gasteiger charge is 2.06. The SMILES string of the molecule is CNC(C)c1csc(CF)n1. The number of alkyl halides is 1. The van der Waals surface area contributed by atoms with Gasteiger partial charge in [-0.15, -0.1) is 11.3 Å². The summed E-state index contributed by atoms with van der Waals surface area (Å²) >= 11 is 1.37. The van der Waals surface area contributed by atoms with Gasteiger partial charge in [-0.3, -0.25) is 0 Å². The van der Waals surface area contributed by atoms with Crippen LogP contribution in [-0.2, 0) is 6.67 Å². The molecule has 4 heteroatoms. The first kappa shape index (κ1) is 8.62. The van der Waals surface area contributed by atoms with Crippen molar-refractivity contribution in [1.82, 2.24) is 10.3 Å².